The Bertz CT molecular complexity index is 701. The molecule has 1 aliphatic heterocycles. The number of ether oxygens (including phenoxy) is 1. The molecular weight excluding hydrogens is 332 g/mol. The van der Waals surface area contributed by atoms with Gasteiger partial charge in [0.05, 0.1) is 16.9 Å². The van der Waals surface area contributed by atoms with E-state index in [1.807, 2.05) is 37.3 Å². The van der Waals surface area contributed by atoms with Crippen LogP contribution in [0.1, 0.15) is 15.9 Å². The first-order valence-electron chi connectivity index (χ1n) is 6.73. The molecule has 3 rings (SSSR count). The van der Waals surface area contributed by atoms with Gasteiger partial charge in [0.15, 0.2) is 5.75 Å². The average Bonchev–Trinajstić information content (AvgIpc) is 2.51. The average molecular weight is 347 g/mol. The largest absolute Gasteiger partial charge is 0.489 e. The van der Waals surface area contributed by atoms with Gasteiger partial charge in [0.1, 0.15) is 6.61 Å². The lowest BCUT2D eigenvalue weighted by Gasteiger charge is -2.21. The number of amides is 1. The summed E-state index contributed by atoms with van der Waals surface area (Å²) >= 11 is 3.50. The minimum atomic E-state index is -0.179. The van der Waals surface area contributed by atoms with Gasteiger partial charge in [0.2, 0.25) is 0 Å². The molecule has 2 aromatic rings. The molecule has 0 radical (unpaired) electrons. The number of carbonyl (C=O) groups is 1. The van der Waals surface area contributed by atoms with Crippen molar-refractivity contribution in [1.82, 2.24) is 0 Å². The lowest BCUT2D eigenvalue weighted by molar-refractivity contribution is 0.102. The molecule has 1 aliphatic rings. The smallest absolute Gasteiger partial charge is 0.259 e. The van der Waals surface area contributed by atoms with Crippen LogP contribution in [-0.4, -0.2) is 19.1 Å². The Hall–Kier alpha value is -2.01. The van der Waals surface area contributed by atoms with Crippen LogP contribution in [0.5, 0.6) is 5.75 Å². The van der Waals surface area contributed by atoms with Crippen molar-refractivity contribution in [3.63, 3.8) is 0 Å². The van der Waals surface area contributed by atoms with Crippen molar-refractivity contribution < 1.29 is 9.53 Å². The maximum absolute atomic E-state index is 12.5. The standard InChI is InChI=1S/C16H15BrN2O2/c1-10-4-2-6-12(14(10)17)19-16(20)11-5-3-7-13-15(11)21-9-8-18-13/h2-7,18H,8-9H2,1H3,(H,19,20). The van der Waals surface area contributed by atoms with Gasteiger partial charge in [0.25, 0.3) is 5.91 Å². The molecule has 0 aliphatic carbocycles. The third-order valence-corrected chi connectivity index (χ3v) is 4.42. The number of anilines is 2. The molecule has 0 fully saturated rings. The summed E-state index contributed by atoms with van der Waals surface area (Å²) in [5, 5.41) is 6.15. The molecule has 0 spiro atoms. The lowest BCUT2D eigenvalue weighted by atomic mass is 10.1. The summed E-state index contributed by atoms with van der Waals surface area (Å²) in [6.45, 7) is 3.30. The van der Waals surface area contributed by atoms with Gasteiger partial charge in [0, 0.05) is 11.0 Å². The van der Waals surface area contributed by atoms with Crippen LogP contribution in [0.4, 0.5) is 11.4 Å². The first-order chi connectivity index (χ1) is 10.2. The Morgan fingerprint density at radius 2 is 2.10 bits per heavy atom. The number of aryl methyl sites for hydroxylation is 1. The van der Waals surface area contributed by atoms with Crippen LogP contribution in [-0.2, 0) is 0 Å². The van der Waals surface area contributed by atoms with E-state index in [4.69, 9.17) is 4.74 Å². The Balaban J connectivity index is 1.91. The van der Waals surface area contributed by atoms with E-state index >= 15 is 0 Å². The molecular formula is C16H15BrN2O2. The summed E-state index contributed by atoms with van der Waals surface area (Å²) in [4.78, 5) is 12.5. The van der Waals surface area contributed by atoms with Gasteiger partial charge in [-0.1, -0.05) is 18.2 Å². The van der Waals surface area contributed by atoms with E-state index in [1.165, 1.54) is 0 Å². The second-order valence-corrected chi connectivity index (χ2v) is 5.64. The Morgan fingerprint density at radius 1 is 1.29 bits per heavy atom. The van der Waals surface area contributed by atoms with Gasteiger partial charge in [-0.25, -0.2) is 0 Å². The van der Waals surface area contributed by atoms with Crippen LogP contribution in [0.25, 0.3) is 0 Å². The molecule has 21 heavy (non-hydrogen) atoms. The SMILES string of the molecule is Cc1cccc(NC(=O)c2cccc3c2OCCN3)c1Br. The van der Waals surface area contributed by atoms with Gasteiger partial charge in [-0.2, -0.15) is 0 Å². The minimum absolute atomic E-state index is 0.179. The third-order valence-electron chi connectivity index (χ3n) is 3.36. The molecule has 2 N–H and O–H groups in total. The molecule has 0 atom stereocenters. The second kappa shape index (κ2) is 5.77. The van der Waals surface area contributed by atoms with E-state index < -0.39 is 0 Å². The molecule has 108 valence electrons. The first kappa shape index (κ1) is 13.9. The van der Waals surface area contributed by atoms with Gasteiger partial charge in [-0.05, 0) is 46.6 Å². The number of benzene rings is 2. The fourth-order valence-electron chi connectivity index (χ4n) is 2.28. The number of para-hydroxylation sites is 1. The normalized spacial score (nSPS) is 12.9. The first-order valence-corrected chi connectivity index (χ1v) is 7.52. The molecule has 0 bridgehead atoms. The number of nitrogens with one attached hydrogen (secondary N) is 2. The van der Waals surface area contributed by atoms with E-state index in [-0.39, 0.29) is 5.91 Å². The molecule has 5 heteroatoms. The maximum atomic E-state index is 12.5. The highest BCUT2D eigenvalue weighted by molar-refractivity contribution is 9.10. The van der Waals surface area contributed by atoms with Gasteiger partial charge < -0.3 is 15.4 Å². The number of halogens is 1. The summed E-state index contributed by atoms with van der Waals surface area (Å²) in [7, 11) is 0. The summed E-state index contributed by atoms with van der Waals surface area (Å²) in [5.74, 6) is 0.437. The van der Waals surface area contributed by atoms with E-state index in [2.05, 4.69) is 26.6 Å². The summed E-state index contributed by atoms with van der Waals surface area (Å²) in [6.07, 6.45) is 0. The minimum Gasteiger partial charge on any atom is -0.489 e. The van der Waals surface area contributed by atoms with Gasteiger partial charge in [-0.15, -0.1) is 0 Å². The molecule has 4 nitrogen and oxygen atoms in total. The number of carbonyl (C=O) groups excluding carboxylic acids is 1. The quantitative estimate of drug-likeness (QED) is 0.869. The molecule has 0 aromatic heterocycles. The fraction of sp³-hybridized carbons (Fsp3) is 0.188. The summed E-state index contributed by atoms with van der Waals surface area (Å²) < 4.78 is 6.52. The second-order valence-electron chi connectivity index (χ2n) is 4.85. The Morgan fingerprint density at radius 3 is 2.95 bits per heavy atom. The van der Waals surface area contributed by atoms with E-state index in [0.29, 0.717) is 17.9 Å². The highest BCUT2D eigenvalue weighted by Crippen LogP contribution is 2.32. The molecule has 1 amide bonds. The highest BCUT2D eigenvalue weighted by atomic mass is 79.9. The van der Waals surface area contributed by atoms with Gasteiger partial charge >= 0.3 is 0 Å². The predicted molar refractivity (Wildman–Crippen MR) is 87.3 cm³/mol. The zero-order valence-electron chi connectivity index (χ0n) is 11.6. The van der Waals surface area contributed by atoms with Crippen molar-refractivity contribution in [3.8, 4) is 5.75 Å². The van der Waals surface area contributed by atoms with Crippen LogP contribution in [0.15, 0.2) is 40.9 Å². The molecule has 2 aromatic carbocycles. The topological polar surface area (TPSA) is 50.4 Å². The fourth-order valence-corrected chi connectivity index (χ4v) is 2.65. The highest BCUT2D eigenvalue weighted by Gasteiger charge is 2.19. The molecule has 0 unspecified atom stereocenters. The van der Waals surface area contributed by atoms with Crippen LogP contribution in [0, 0.1) is 6.92 Å². The zero-order valence-corrected chi connectivity index (χ0v) is 13.2. The van der Waals surface area contributed by atoms with Crippen molar-refractivity contribution in [2.24, 2.45) is 0 Å². The maximum Gasteiger partial charge on any atom is 0.259 e. The van der Waals surface area contributed by atoms with Crippen LogP contribution < -0.4 is 15.4 Å². The lowest BCUT2D eigenvalue weighted by Crippen LogP contribution is -2.22. The van der Waals surface area contributed by atoms with Crippen LogP contribution in [0.3, 0.4) is 0 Å². The number of rotatable bonds is 2. The summed E-state index contributed by atoms with van der Waals surface area (Å²) in [6, 6.07) is 11.3. The number of fused-ring (bicyclic) bond motifs is 1. The van der Waals surface area contributed by atoms with E-state index in [9.17, 15) is 4.79 Å². The van der Waals surface area contributed by atoms with Crippen molar-refractivity contribution in [3.05, 3.63) is 52.0 Å². The van der Waals surface area contributed by atoms with Crippen molar-refractivity contribution >= 4 is 33.2 Å². The van der Waals surface area contributed by atoms with E-state index in [1.54, 1.807) is 6.07 Å². The Kier molecular flexibility index (Phi) is 3.84. The van der Waals surface area contributed by atoms with Gasteiger partial charge in [-0.3, -0.25) is 4.79 Å². The molecule has 1 heterocycles. The molecule has 0 saturated heterocycles. The number of hydrogen-bond acceptors (Lipinski definition) is 3. The Labute approximate surface area is 131 Å². The zero-order chi connectivity index (χ0) is 14.8. The monoisotopic (exact) mass is 346 g/mol. The predicted octanol–water partition coefficient (Wildman–Crippen LogP) is 3.81. The van der Waals surface area contributed by atoms with E-state index in [0.717, 1.165) is 28.0 Å². The van der Waals surface area contributed by atoms with Crippen molar-refractivity contribution in [2.45, 2.75) is 6.92 Å². The van der Waals surface area contributed by atoms with Crippen molar-refractivity contribution in [1.29, 1.82) is 0 Å². The summed E-state index contributed by atoms with van der Waals surface area (Å²) in [5.41, 5.74) is 3.22. The third kappa shape index (κ3) is 2.74. The van der Waals surface area contributed by atoms with Crippen molar-refractivity contribution in [2.75, 3.05) is 23.8 Å². The molecule has 0 saturated carbocycles. The van der Waals surface area contributed by atoms with Crippen LogP contribution in [0.2, 0.25) is 0 Å². The van der Waals surface area contributed by atoms with Crippen LogP contribution >= 0.6 is 15.9 Å². The number of hydrogen-bond donors (Lipinski definition) is 2.